The molecule has 1 saturated heterocycles. The number of aliphatic carboxylic acids is 1. The first kappa shape index (κ1) is 41.1. The molecule has 0 aromatic rings. The smallest absolute Gasteiger partial charge is 0.312 e. The number of carbonyl (C=O) groups is 2. The predicted molar refractivity (Wildman–Crippen MR) is 216 cm³/mol. The van der Waals surface area contributed by atoms with Gasteiger partial charge in [-0.05, 0) is 152 Å². The summed E-state index contributed by atoms with van der Waals surface area (Å²) < 4.78 is 39.5. The molecule has 0 aromatic heterocycles. The van der Waals surface area contributed by atoms with Crippen LogP contribution in [0, 0.1) is 62.1 Å². The molecule has 0 spiro atoms. The molecule has 10 heteroatoms. The van der Waals surface area contributed by atoms with Gasteiger partial charge >= 0.3 is 5.97 Å². The Balaban J connectivity index is 1.09. The van der Waals surface area contributed by atoms with Gasteiger partial charge < -0.3 is 15.3 Å². The largest absolute Gasteiger partial charge is 0.481 e. The van der Waals surface area contributed by atoms with Gasteiger partial charge in [-0.3, -0.25) is 9.59 Å². The zero-order valence-corrected chi connectivity index (χ0v) is 35.8. The van der Waals surface area contributed by atoms with Gasteiger partial charge in [0.25, 0.3) is 0 Å². The van der Waals surface area contributed by atoms with Gasteiger partial charge in [-0.2, -0.15) is 4.31 Å². The van der Waals surface area contributed by atoms with Crippen LogP contribution in [0.1, 0.15) is 119 Å². The molecule has 6 aliphatic carbocycles. The first-order valence-corrected chi connectivity index (χ1v) is 23.3. The van der Waals surface area contributed by atoms with E-state index < -0.39 is 28.1 Å². The van der Waals surface area contributed by atoms with Crippen LogP contribution in [0.25, 0.3) is 0 Å². The maximum Gasteiger partial charge on any atom is 0.312 e. The maximum absolute atomic E-state index is 14.0. The third kappa shape index (κ3) is 6.35. The van der Waals surface area contributed by atoms with Crippen molar-refractivity contribution in [3.05, 3.63) is 35.5 Å². The number of sulfonamides is 1. The highest BCUT2D eigenvalue weighted by Gasteiger charge is 2.70. The Morgan fingerprint density at radius 1 is 0.909 bits per heavy atom. The first-order chi connectivity index (χ1) is 25.7. The van der Waals surface area contributed by atoms with Crippen LogP contribution < -0.4 is 5.32 Å². The third-order valence-electron chi connectivity index (χ3n) is 18.3. The molecular weight excluding hydrogens is 714 g/mol. The van der Waals surface area contributed by atoms with E-state index in [9.17, 15) is 27.5 Å². The van der Waals surface area contributed by atoms with E-state index in [0.717, 1.165) is 13.0 Å². The third-order valence-corrected chi connectivity index (χ3v) is 19.6. The number of alkyl halides is 1. The number of halogens is 1. The van der Waals surface area contributed by atoms with Crippen LogP contribution >= 0.6 is 0 Å². The van der Waals surface area contributed by atoms with Crippen molar-refractivity contribution in [1.82, 2.24) is 14.5 Å². The Kier molecular flexibility index (Phi) is 10.5. The van der Waals surface area contributed by atoms with Gasteiger partial charge in [0, 0.05) is 32.7 Å². The maximum atomic E-state index is 14.0. The van der Waals surface area contributed by atoms with Crippen LogP contribution in [-0.2, 0) is 19.6 Å². The van der Waals surface area contributed by atoms with E-state index in [4.69, 9.17) is 0 Å². The number of carboxylic acids is 1. The van der Waals surface area contributed by atoms with E-state index in [2.05, 4.69) is 65.6 Å². The molecule has 10 atom stereocenters. The normalized spacial score (nSPS) is 42.9. The van der Waals surface area contributed by atoms with E-state index in [1.54, 1.807) is 0 Å². The molecule has 1 amide bonds. The molecule has 7 rings (SSSR count). The van der Waals surface area contributed by atoms with E-state index in [0.29, 0.717) is 75.2 Å². The number of carboxylic acid groups (broad SMARTS) is 1. The Labute approximate surface area is 331 Å². The summed E-state index contributed by atoms with van der Waals surface area (Å²) in [7, 11) is -3.24. The highest BCUT2D eigenvalue weighted by atomic mass is 32.2. The van der Waals surface area contributed by atoms with Crippen molar-refractivity contribution in [3.63, 3.8) is 0 Å². The lowest BCUT2D eigenvalue weighted by atomic mass is 9.32. The van der Waals surface area contributed by atoms with Crippen molar-refractivity contribution >= 4 is 21.9 Å². The van der Waals surface area contributed by atoms with Crippen LogP contribution in [0.3, 0.4) is 0 Å². The number of hydrogen-bond acceptors (Lipinski definition) is 5. The number of nitrogens with one attached hydrogen (secondary N) is 1. The van der Waals surface area contributed by atoms with Crippen LogP contribution in [-0.4, -0.2) is 86.8 Å². The van der Waals surface area contributed by atoms with Gasteiger partial charge in [0.15, 0.2) is 0 Å². The van der Waals surface area contributed by atoms with Crippen molar-refractivity contribution in [1.29, 1.82) is 0 Å². The highest BCUT2D eigenvalue weighted by Crippen LogP contribution is 2.77. The van der Waals surface area contributed by atoms with Gasteiger partial charge in [-0.1, -0.05) is 58.9 Å². The lowest BCUT2D eigenvalue weighted by molar-refractivity contribution is -0.226. The summed E-state index contributed by atoms with van der Waals surface area (Å²) in [6, 6.07) is 0. The SMILES string of the molecule is C=C(C)[C@@H]1CCC2(CNCC(=O)N3CCN(S(C)(=O)=O)CC3)CC[C@]3(C)[C@H](CC[C@@H]4[C@@]5(C)CC=C(C6=CC[C@](CF)(C(=O)O)CC6)C(C)(C)[C@@H]5CC[C@]43C)[C@@H]12. The summed E-state index contributed by atoms with van der Waals surface area (Å²) in [4.78, 5) is 27.2. The molecule has 1 aliphatic heterocycles. The van der Waals surface area contributed by atoms with Crippen molar-refractivity contribution in [2.45, 2.75) is 119 Å². The monoisotopic (exact) mass is 784 g/mol. The van der Waals surface area contributed by atoms with Gasteiger partial charge in [0.05, 0.1) is 18.2 Å². The fourth-order valence-corrected chi connectivity index (χ4v) is 15.9. The second-order valence-corrected chi connectivity index (χ2v) is 22.9. The minimum atomic E-state index is -3.24. The number of carbonyl (C=O) groups excluding carboxylic acids is 1. The summed E-state index contributed by atoms with van der Waals surface area (Å²) >= 11 is 0. The topological polar surface area (TPSA) is 107 Å². The zero-order valence-electron chi connectivity index (χ0n) is 34.9. The van der Waals surface area contributed by atoms with E-state index in [1.165, 1.54) is 78.6 Å². The minimum Gasteiger partial charge on any atom is -0.481 e. The number of allylic oxidation sites excluding steroid dienone is 5. The molecule has 55 heavy (non-hydrogen) atoms. The second kappa shape index (κ2) is 14.1. The summed E-state index contributed by atoms with van der Waals surface area (Å²) in [6.45, 7) is 21.6. The van der Waals surface area contributed by atoms with Crippen LogP contribution in [0.5, 0.6) is 0 Å². The molecule has 1 heterocycles. The fourth-order valence-electron chi connectivity index (χ4n) is 15.1. The van der Waals surface area contributed by atoms with E-state index >= 15 is 0 Å². The minimum absolute atomic E-state index is 0.0422. The molecule has 7 aliphatic rings. The number of amides is 1. The Bertz CT molecular complexity index is 1750. The van der Waals surface area contributed by atoms with Gasteiger partial charge in [0.1, 0.15) is 6.67 Å². The summed E-state index contributed by atoms with van der Waals surface area (Å²) in [5, 5.41) is 13.5. The van der Waals surface area contributed by atoms with Crippen LogP contribution in [0.4, 0.5) is 4.39 Å². The van der Waals surface area contributed by atoms with Crippen molar-refractivity contribution in [3.8, 4) is 0 Å². The molecular formula is C45H70FN3O5S. The second-order valence-electron chi connectivity index (χ2n) is 20.9. The summed E-state index contributed by atoms with van der Waals surface area (Å²) in [5.74, 6) is 1.84. The molecule has 5 fully saturated rings. The molecule has 0 bridgehead atoms. The average Bonchev–Trinajstić information content (AvgIpc) is 3.51. The number of piperazine rings is 1. The van der Waals surface area contributed by atoms with Crippen LogP contribution in [0.2, 0.25) is 0 Å². The zero-order chi connectivity index (χ0) is 40.0. The number of nitrogens with zero attached hydrogens (tertiary/aromatic N) is 2. The predicted octanol–water partition coefficient (Wildman–Crippen LogP) is 8.02. The quantitative estimate of drug-likeness (QED) is 0.230. The molecule has 308 valence electrons. The summed E-state index contributed by atoms with van der Waals surface area (Å²) in [6.07, 6.45) is 17.8. The van der Waals surface area contributed by atoms with Crippen molar-refractivity contribution in [2.24, 2.45) is 62.1 Å². The van der Waals surface area contributed by atoms with Gasteiger partial charge in [-0.25, -0.2) is 12.8 Å². The first-order valence-electron chi connectivity index (χ1n) is 21.5. The lowest BCUT2D eigenvalue weighted by Crippen LogP contribution is -2.66. The van der Waals surface area contributed by atoms with Gasteiger partial charge in [-0.15, -0.1) is 0 Å². The molecule has 4 saturated carbocycles. The average molecular weight is 784 g/mol. The molecule has 0 aromatic carbocycles. The summed E-state index contributed by atoms with van der Waals surface area (Å²) in [5.41, 5.74) is 3.36. The van der Waals surface area contributed by atoms with Crippen LogP contribution in [0.15, 0.2) is 35.5 Å². The molecule has 8 nitrogen and oxygen atoms in total. The Hall–Kier alpha value is -2.04. The fraction of sp³-hybridized carbons (Fsp3) is 0.822. The van der Waals surface area contributed by atoms with E-state index in [1.807, 2.05) is 4.90 Å². The Morgan fingerprint density at radius 2 is 1.62 bits per heavy atom. The standard InChI is InChI=1S/C45H70FN3O5S/c1-30(2)32-13-20-45(29-47-27-37(50)48-23-25-49(26-24-48)55(8,53)54)22-21-42(6)34(38(32)45)9-10-36-41(5)16-14-33(40(3,4)35(41)15-17-43(36,42)7)31-11-18-44(28-46,19-12-31)39(51)52/h11,14,32,34-36,38,47H,1,9-10,12-13,15-29H2,2-8H3,(H,51,52)/t32-,34+,35-,36+,38+,41-,42+,43+,44-,45?/m0/s1. The lowest BCUT2D eigenvalue weighted by Gasteiger charge is -2.72. The van der Waals surface area contributed by atoms with Gasteiger partial charge in [0.2, 0.25) is 15.9 Å². The molecule has 2 N–H and O–H groups in total. The molecule has 1 unspecified atom stereocenters. The Morgan fingerprint density at radius 3 is 2.22 bits per heavy atom. The highest BCUT2D eigenvalue weighted by molar-refractivity contribution is 7.88. The number of hydrogen-bond donors (Lipinski definition) is 2. The van der Waals surface area contributed by atoms with Crippen molar-refractivity contribution in [2.75, 3.05) is 52.2 Å². The number of rotatable bonds is 9. The van der Waals surface area contributed by atoms with E-state index in [-0.39, 0.29) is 39.4 Å². The number of fused-ring (bicyclic) bond motifs is 7. The molecule has 0 radical (unpaired) electrons. The van der Waals surface area contributed by atoms with Crippen molar-refractivity contribution < 1.29 is 27.5 Å².